The number of thioether (sulfide) groups is 1. The molecular formula is C25H23N3OS2. The Morgan fingerprint density at radius 2 is 1.74 bits per heavy atom. The van der Waals surface area contributed by atoms with Gasteiger partial charge in [0.25, 0.3) is 0 Å². The lowest BCUT2D eigenvalue weighted by Gasteiger charge is -2.12. The van der Waals surface area contributed by atoms with Crippen molar-refractivity contribution in [1.82, 2.24) is 9.97 Å². The normalized spacial score (nSPS) is 13.2. The summed E-state index contributed by atoms with van der Waals surface area (Å²) in [6, 6.07) is 18.2. The molecule has 2 aromatic carbocycles. The van der Waals surface area contributed by atoms with Crippen molar-refractivity contribution in [1.29, 1.82) is 0 Å². The van der Waals surface area contributed by atoms with Crippen LogP contribution in [0, 0.1) is 6.92 Å². The standard InChI is InChI=1S/C25H23N3OS2/c1-16-26-24(23-20-9-5-6-10-21(20)31-25(23)27-16)30-15-22(29)28-19-13-11-18(12-14-19)17-7-3-2-4-8-17/h2-4,7-8,11-14H,5-6,9-10,15H2,1H3,(H,28,29). The van der Waals surface area contributed by atoms with E-state index in [1.807, 2.05) is 49.4 Å². The largest absolute Gasteiger partial charge is 0.325 e. The summed E-state index contributed by atoms with van der Waals surface area (Å²) < 4.78 is 0. The number of benzene rings is 2. The lowest BCUT2D eigenvalue weighted by atomic mass is 9.97. The van der Waals surface area contributed by atoms with Crippen LogP contribution in [0.25, 0.3) is 21.3 Å². The van der Waals surface area contributed by atoms with Crippen molar-refractivity contribution in [2.24, 2.45) is 0 Å². The highest BCUT2D eigenvalue weighted by Gasteiger charge is 2.21. The quantitative estimate of drug-likeness (QED) is 0.290. The van der Waals surface area contributed by atoms with Gasteiger partial charge in [-0.2, -0.15) is 0 Å². The second-order valence-electron chi connectivity index (χ2n) is 7.75. The first kappa shape index (κ1) is 20.2. The average Bonchev–Trinajstić information content (AvgIpc) is 3.17. The first-order valence-corrected chi connectivity index (χ1v) is 12.3. The second-order valence-corrected chi connectivity index (χ2v) is 9.79. The first-order chi connectivity index (χ1) is 15.2. The zero-order valence-corrected chi connectivity index (χ0v) is 19.0. The molecular weight excluding hydrogens is 422 g/mol. The van der Waals surface area contributed by atoms with Crippen molar-refractivity contribution in [2.45, 2.75) is 37.6 Å². The Kier molecular flexibility index (Phi) is 5.74. The molecule has 1 N–H and O–H groups in total. The zero-order valence-electron chi connectivity index (χ0n) is 17.4. The fourth-order valence-corrected chi connectivity index (χ4v) is 6.31. The van der Waals surface area contributed by atoms with Gasteiger partial charge in [-0.05, 0) is 61.4 Å². The Hall–Kier alpha value is -2.70. The van der Waals surface area contributed by atoms with E-state index in [4.69, 9.17) is 0 Å². The second kappa shape index (κ2) is 8.81. The number of hydrogen-bond acceptors (Lipinski definition) is 5. The van der Waals surface area contributed by atoms with Crippen LogP contribution in [-0.2, 0) is 17.6 Å². The maximum Gasteiger partial charge on any atom is 0.234 e. The number of rotatable bonds is 5. The third kappa shape index (κ3) is 4.36. The Bertz CT molecular complexity index is 1230. The predicted octanol–water partition coefficient (Wildman–Crippen LogP) is 6.28. The molecule has 0 aliphatic heterocycles. The summed E-state index contributed by atoms with van der Waals surface area (Å²) in [6.45, 7) is 1.93. The smallest absolute Gasteiger partial charge is 0.234 e. The highest BCUT2D eigenvalue weighted by Crippen LogP contribution is 2.39. The Morgan fingerprint density at radius 1 is 1.00 bits per heavy atom. The zero-order chi connectivity index (χ0) is 21.2. The first-order valence-electron chi connectivity index (χ1n) is 10.5. The van der Waals surface area contributed by atoms with Gasteiger partial charge >= 0.3 is 0 Å². The molecule has 2 aromatic heterocycles. The maximum absolute atomic E-state index is 12.6. The molecule has 0 saturated heterocycles. The van der Waals surface area contributed by atoms with Gasteiger partial charge < -0.3 is 5.32 Å². The van der Waals surface area contributed by atoms with Gasteiger partial charge in [0.15, 0.2) is 0 Å². The van der Waals surface area contributed by atoms with Crippen LogP contribution in [0.1, 0.15) is 29.1 Å². The van der Waals surface area contributed by atoms with Crippen molar-refractivity contribution in [3.63, 3.8) is 0 Å². The highest BCUT2D eigenvalue weighted by atomic mass is 32.2. The van der Waals surface area contributed by atoms with Gasteiger partial charge in [0.05, 0.1) is 5.75 Å². The molecule has 156 valence electrons. The van der Waals surface area contributed by atoms with E-state index in [0.29, 0.717) is 5.75 Å². The summed E-state index contributed by atoms with van der Waals surface area (Å²) in [5.74, 6) is 1.08. The number of carbonyl (C=O) groups is 1. The number of hydrogen-bond donors (Lipinski definition) is 1. The van der Waals surface area contributed by atoms with E-state index in [1.54, 1.807) is 11.3 Å². The molecule has 0 bridgehead atoms. The van der Waals surface area contributed by atoms with Gasteiger partial charge in [-0.25, -0.2) is 9.97 Å². The molecule has 5 rings (SSSR count). The monoisotopic (exact) mass is 445 g/mol. The lowest BCUT2D eigenvalue weighted by Crippen LogP contribution is -2.14. The molecule has 4 aromatic rings. The Balaban J connectivity index is 1.29. The number of carbonyl (C=O) groups excluding carboxylic acids is 1. The summed E-state index contributed by atoms with van der Waals surface area (Å²) in [4.78, 5) is 24.5. The fraction of sp³-hybridized carbons (Fsp3) is 0.240. The molecule has 2 heterocycles. The van der Waals surface area contributed by atoms with Gasteiger partial charge in [0.1, 0.15) is 15.7 Å². The third-order valence-corrected chi connectivity index (χ3v) is 7.67. The minimum Gasteiger partial charge on any atom is -0.325 e. The number of nitrogens with one attached hydrogen (secondary N) is 1. The van der Waals surface area contributed by atoms with E-state index in [2.05, 4.69) is 27.4 Å². The molecule has 1 aliphatic rings. The third-order valence-electron chi connectivity index (χ3n) is 5.51. The molecule has 6 heteroatoms. The van der Waals surface area contributed by atoms with Crippen LogP contribution >= 0.6 is 23.1 Å². The summed E-state index contributed by atoms with van der Waals surface area (Å²) in [6.07, 6.45) is 4.70. The van der Waals surface area contributed by atoms with E-state index in [-0.39, 0.29) is 5.91 Å². The molecule has 0 fully saturated rings. The fourth-order valence-electron chi connectivity index (χ4n) is 4.04. The summed E-state index contributed by atoms with van der Waals surface area (Å²) in [5, 5.41) is 5.13. The molecule has 0 radical (unpaired) electrons. The Labute approximate surface area is 190 Å². The SMILES string of the molecule is Cc1nc(SCC(=O)Nc2ccc(-c3ccccc3)cc2)c2c3c(sc2n1)CCCC3. The molecule has 0 atom stereocenters. The average molecular weight is 446 g/mol. The number of aromatic nitrogens is 2. The number of thiophene rings is 1. The summed E-state index contributed by atoms with van der Waals surface area (Å²) >= 11 is 3.31. The minimum absolute atomic E-state index is 0.0222. The number of anilines is 1. The van der Waals surface area contributed by atoms with Crippen molar-refractivity contribution in [3.8, 4) is 11.1 Å². The van der Waals surface area contributed by atoms with Gasteiger partial charge in [0, 0.05) is 16.0 Å². The van der Waals surface area contributed by atoms with Gasteiger partial charge in [-0.15, -0.1) is 11.3 Å². The molecule has 31 heavy (non-hydrogen) atoms. The van der Waals surface area contributed by atoms with Crippen molar-refractivity contribution in [3.05, 3.63) is 70.9 Å². The molecule has 0 spiro atoms. The lowest BCUT2D eigenvalue weighted by molar-refractivity contribution is -0.113. The number of aryl methyl sites for hydroxylation is 3. The van der Waals surface area contributed by atoms with Crippen LogP contribution in [0.3, 0.4) is 0 Å². The van der Waals surface area contributed by atoms with Crippen LogP contribution in [0.4, 0.5) is 5.69 Å². The van der Waals surface area contributed by atoms with E-state index in [1.165, 1.54) is 40.4 Å². The van der Waals surface area contributed by atoms with Gasteiger partial charge in [-0.1, -0.05) is 54.2 Å². The van der Waals surface area contributed by atoms with Crippen molar-refractivity contribution >= 4 is 44.9 Å². The van der Waals surface area contributed by atoms with Crippen LogP contribution in [0.5, 0.6) is 0 Å². The number of fused-ring (bicyclic) bond motifs is 3. The Morgan fingerprint density at radius 3 is 2.55 bits per heavy atom. The van der Waals surface area contributed by atoms with Crippen LogP contribution in [-0.4, -0.2) is 21.6 Å². The van der Waals surface area contributed by atoms with Crippen molar-refractivity contribution in [2.75, 3.05) is 11.1 Å². The van der Waals surface area contributed by atoms with Gasteiger partial charge in [0.2, 0.25) is 5.91 Å². The van der Waals surface area contributed by atoms with E-state index >= 15 is 0 Å². The molecule has 0 saturated carbocycles. The van der Waals surface area contributed by atoms with Crippen LogP contribution in [0.2, 0.25) is 0 Å². The molecule has 4 nitrogen and oxygen atoms in total. The minimum atomic E-state index is -0.0222. The van der Waals surface area contributed by atoms with E-state index in [9.17, 15) is 4.79 Å². The highest BCUT2D eigenvalue weighted by molar-refractivity contribution is 8.00. The number of amides is 1. The van der Waals surface area contributed by atoms with Crippen LogP contribution < -0.4 is 5.32 Å². The predicted molar refractivity (Wildman–Crippen MR) is 130 cm³/mol. The maximum atomic E-state index is 12.6. The molecule has 0 unspecified atom stereocenters. The van der Waals surface area contributed by atoms with Gasteiger partial charge in [-0.3, -0.25) is 4.79 Å². The molecule has 1 aliphatic carbocycles. The van der Waals surface area contributed by atoms with E-state index < -0.39 is 0 Å². The summed E-state index contributed by atoms with van der Waals surface area (Å²) in [7, 11) is 0. The summed E-state index contributed by atoms with van der Waals surface area (Å²) in [5.41, 5.74) is 4.51. The topological polar surface area (TPSA) is 54.9 Å². The molecule has 1 amide bonds. The van der Waals surface area contributed by atoms with Crippen LogP contribution in [0.15, 0.2) is 59.6 Å². The van der Waals surface area contributed by atoms with Crippen molar-refractivity contribution < 1.29 is 4.79 Å². The number of nitrogens with zero attached hydrogens (tertiary/aromatic N) is 2. The van der Waals surface area contributed by atoms with E-state index in [0.717, 1.165) is 45.3 Å².